The number of nitrogen functional groups attached to an aromatic ring is 1. The molecule has 0 spiro atoms. The Balaban J connectivity index is 1.72. The molecule has 0 aliphatic carbocycles. The van der Waals surface area contributed by atoms with Gasteiger partial charge in [0, 0.05) is 10.6 Å². The third-order valence-electron chi connectivity index (χ3n) is 6.18. The molecule has 6 nitrogen and oxygen atoms in total. The molecule has 0 saturated heterocycles. The number of benzene rings is 3. The Labute approximate surface area is 204 Å². The number of fused-ring (bicyclic) bond motifs is 4. The molecule has 35 heavy (non-hydrogen) atoms. The van der Waals surface area contributed by atoms with Crippen molar-refractivity contribution < 1.29 is 9.15 Å². The number of rotatable bonds is 2. The summed E-state index contributed by atoms with van der Waals surface area (Å²) in [6.45, 7) is 0. The Morgan fingerprint density at radius 2 is 1.66 bits per heavy atom. The van der Waals surface area contributed by atoms with Crippen LogP contribution in [0.5, 0.6) is 11.6 Å². The van der Waals surface area contributed by atoms with Gasteiger partial charge in [-0.05, 0) is 29.8 Å². The Morgan fingerprint density at radius 1 is 0.943 bits per heavy atom. The number of para-hydroxylation sites is 1. The summed E-state index contributed by atoms with van der Waals surface area (Å²) >= 11 is 6.14. The van der Waals surface area contributed by atoms with E-state index in [4.69, 9.17) is 31.5 Å². The first-order chi connectivity index (χ1) is 17.1. The van der Waals surface area contributed by atoms with Crippen molar-refractivity contribution in [3.8, 4) is 29.0 Å². The van der Waals surface area contributed by atoms with Crippen molar-refractivity contribution in [3.05, 3.63) is 117 Å². The smallest absolute Gasteiger partial charge is 0.344 e. The molecule has 3 heterocycles. The number of nitrogens with zero attached hydrogens (tertiary/aromatic N) is 2. The molecule has 1 atom stereocenters. The van der Waals surface area contributed by atoms with Gasteiger partial charge in [-0.2, -0.15) is 5.26 Å². The van der Waals surface area contributed by atoms with Crippen LogP contribution >= 0.6 is 11.6 Å². The van der Waals surface area contributed by atoms with Crippen molar-refractivity contribution in [1.29, 1.82) is 5.26 Å². The number of nitriles is 1. The standard InChI is InChI=1S/C28H16ClN3O3/c29-17-12-10-15(11-13-17)21-22-24(31)19(14-30)25(16-6-2-1-3-7-16)32-27(22)35-26-18-8-4-5-9-20(18)34-28(33)23(21)26/h1-13,21H,(H2,31,32). The number of hydrogen-bond acceptors (Lipinski definition) is 6. The lowest BCUT2D eigenvalue weighted by atomic mass is 9.82. The van der Waals surface area contributed by atoms with Crippen LogP contribution in [0, 0.1) is 11.3 Å². The molecule has 168 valence electrons. The van der Waals surface area contributed by atoms with Crippen LogP contribution in [0.3, 0.4) is 0 Å². The molecule has 1 aliphatic rings. The number of hydrogen-bond donors (Lipinski definition) is 1. The van der Waals surface area contributed by atoms with Gasteiger partial charge < -0.3 is 14.9 Å². The van der Waals surface area contributed by atoms with E-state index in [-0.39, 0.29) is 17.1 Å². The van der Waals surface area contributed by atoms with Gasteiger partial charge in [0.25, 0.3) is 0 Å². The van der Waals surface area contributed by atoms with Gasteiger partial charge in [-0.3, -0.25) is 0 Å². The number of ether oxygens (including phenoxy) is 1. The van der Waals surface area contributed by atoms with Gasteiger partial charge in [0.15, 0.2) is 5.75 Å². The van der Waals surface area contributed by atoms with Crippen LogP contribution in [0.4, 0.5) is 5.69 Å². The summed E-state index contributed by atoms with van der Waals surface area (Å²) in [5.74, 6) is -0.0697. The highest BCUT2D eigenvalue weighted by molar-refractivity contribution is 6.30. The Bertz CT molecular complexity index is 1720. The van der Waals surface area contributed by atoms with Gasteiger partial charge in [0.05, 0.1) is 33.8 Å². The molecule has 7 heteroatoms. The molecule has 0 saturated carbocycles. The first-order valence-electron chi connectivity index (χ1n) is 10.8. The normalized spacial score (nSPS) is 14.0. The topological polar surface area (TPSA) is 102 Å². The molecule has 2 aromatic heterocycles. The summed E-state index contributed by atoms with van der Waals surface area (Å²) in [5.41, 5.74) is 9.52. The van der Waals surface area contributed by atoms with E-state index in [9.17, 15) is 10.1 Å². The lowest BCUT2D eigenvalue weighted by Gasteiger charge is -2.29. The fraction of sp³-hybridized carbons (Fsp3) is 0.0357. The Morgan fingerprint density at radius 3 is 2.40 bits per heavy atom. The van der Waals surface area contributed by atoms with Crippen molar-refractivity contribution in [1.82, 2.24) is 4.98 Å². The first-order valence-corrected chi connectivity index (χ1v) is 11.2. The molecule has 0 fully saturated rings. The van der Waals surface area contributed by atoms with Gasteiger partial charge in [0.2, 0.25) is 5.88 Å². The number of anilines is 1. The largest absolute Gasteiger partial charge is 0.437 e. The van der Waals surface area contributed by atoms with E-state index in [1.165, 1.54) is 0 Å². The third kappa shape index (κ3) is 3.25. The average Bonchev–Trinajstić information content (AvgIpc) is 2.88. The third-order valence-corrected chi connectivity index (χ3v) is 6.43. The molecule has 0 bridgehead atoms. The van der Waals surface area contributed by atoms with E-state index in [1.807, 2.05) is 54.6 Å². The van der Waals surface area contributed by atoms with E-state index in [1.54, 1.807) is 24.3 Å². The van der Waals surface area contributed by atoms with Gasteiger partial charge in [-0.25, -0.2) is 9.78 Å². The summed E-state index contributed by atoms with van der Waals surface area (Å²) < 4.78 is 12.0. The number of pyridine rings is 1. The molecule has 3 aromatic carbocycles. The summed E-state index contributed by atoms with van der Waals surface area (Å²) in [6, 6.07) is 25.8. The minimum Gasteiger partial charge on any atom is -0.437 e. The molecular formula is C28H16ClN3O3. The molecule has 2 N–H and O–H groups in total. The first kappa shape index (κ1) is 21.0. The van der Waals surface area contributed by atoms with E-state index in [0.717, 1.165) is 11.1 Å². The minimum absolute atomic E-state index is 0.203. The predicted octanol–water partition coefficient (Wildman–Crippen LogP) is 6.25. The van der Waals surface area contributed by atoms with Crippen LogP contribution in [0.25, 0.3) is 22.2 Å². The average molecular weight is 478 g/mol. The van der Waals surface area contributed by atoms with Crippen LogP contribution in [0.15, 0.2) is 88.1 Å². The Kier molecular flexibility index (Phi) is 4.80. The second kappa shape index (κ2) is 8.01. The highest BCUT2D eigenvalue weighted by Crippen LogP contribution is 2.51. The van der Waals surface area contributed by atoms with E-state index < -0.39 is 11.5 Å². The van der Waals surface area contributed by atoms with Crippen LogP contribution in [0.1, 0.15) is 28.2 Å². The minimum atomic E-state index is -0.670. The zero-order valence-corrected chi connectivity index (χ0v) is 18.9. The maximum atomic E-state index is 13.3. The maximum absolute atomic E-state index is 13.3. The fourth-order valence-corrected chi connectivity index (χ4v) is 4.72. The monoisotopic (exact) mass is 477 g/mol. The van der Waals surface area contributed by atoms with Crippen molar-refractivity contribution in [2.45, 2.75) is 5.92 Å². The van der Waals surface area contributed by atoms with Crippen molar-refractivity contribution in [2.24, 2.45) is 0 Å². The molecule has 6 rings (SSSR count). The molecule has 0 radical (unpaired) electrons. The van der Waals surface area contributed by atoms with Gasteiger partial charge in [0.1, 0.15) is 17.2 Å². The zero-order chi connectivity index (χ0) is 24.1. The lowest BCUT2D eigenvalue weighted by Crippen LogP contribution is -2.23. The van der Waals surface area contributed by atoms with Crippen molar-refractivity contribution in [3.63, 3.8) is 0 Å². The van der Waals surface area contributed by atoms with E-state index >= 15 is 0 Å². The summed E-state index contributed by atoms with van der Waals surface area (Å²) in [6.07, 6.45) is 0. The molecule has 1 unspecified atom stereocenters. The van der Waals surface area contributed by atoms with Crippen LogP contribution in [-0.2, 0) is 0 Å². The molecular weight excluding hydrogens is 462 g/mol. The predicted molar refractivity (Wildman–Crippen MR) is 134 cm³/mol. The Hall–Kier alpha value is -4.60. The van der Waals surface area contributed by atoms with Crippen molar-refractivity contribution >= 4 is 28.3 Å². The molecule has 1 aliphatic heterocycles. The SMILES string of the molecule is N#Cc1c(-c2ccccc2)nc2c(c1N)C(c1ccc(Cl)cc1)c1c(c3ccccc3oc1=O)O2. The lowest BCUT2D eigenvalue weighted by molar-refractivity contribution is 0.425. The van der Waals surface area contributed by atoms with Crippen LogP contribution in [0.2, 0.25) is 5.02 Å². The highest BCUT2D eigenvalue weighted by atomic mass is 35.5. The van der Waals surface area contributed by atoms with Crippen molar-refractivity contribution in [2.75, 3.05) is 5.73 Å². The number of nitrogens with two attached hydrogens (primary N) is 1. The van der Waals surface area contributed by atoms with Gasteiger partial charge in [-0.15, -0.1) is 0 Å². The van der Waals surface area contributed by atoms with Gasteiger partial charge >= 0.3 is 5.63 Å². The zero-order valence-electron chi connectivity index (χ0n) is 18.2. The summed E-state index contributed by atoms with van der Waals surface area (Å²) in [7, 11) is 0. The molecule has 0 amide bonds. The summed E-state index contributed by atoms with van der Waals surface area (Å²) in [5, 5.41) is 11.2. The quantitative estimate of drug-likeness (QED) is 0.296. The molecule has 5 aromatic rings. The highest BCUT2D eigenvalue weighted by Gasteiger charge is 2.38. The van der Waals surface area contributed by atoms with Gasteiger partial charge in [-0.1, -0.05) is 66.2 Å². The van der Waals surface area contributed by atoms with E-state index in [2.05, 4.69) is 6.07 Å². The second-order valence-corrected chi connectivity index (χ2v) is 8.60. The summed E-state index contributed by atoms with van der Waals surface area (Å²) in [4.78, 5) is 18.1. The number of aromatic nitrogens is 1. The fourth-order valence-electron chi connectivity index (χ4n) is 4.59. The maximum Gasteiger partial charge on any atom is 0.344 e. The second-order valence-electron chi connectivity index (χ2n) is 8.16. The van der Waals surface area contributed by atoms with E-state index in [0.29, 0.717) is 38.6 Å². The van der Waals surface area contributed by atoms with Crippen LogP contribution < -0.4 is 16.1 Å². The van der Waals surface area contributed by atoms with Crippen LogP contribution in [-0.4, -0.2) is 4.98 Å². The number of halogens is 1.